The van der Waals surface area contributed by atoms with Gasteiger partial charge in [0.1, 0.15) is 0 Å². The van der Waals surface area contributed by atoms with Crippen molar-refractivity contribution < 1.29 is 9.53 Å². The SMILES string of the molecule is CCNCCC(=O)NC1CCCC1OC. The molecule has 1 saturated carbocycles. The van der Waals surface area contributed by atoms with Crippen LogP contribution in [0.15, 0.2) is 0 Å². The Bertz CT molecular complexity index is 197. The van der Waals surface area contributed by atoms with Crippen LogP contribution in [0.1, 0.15) is 32.6 Å². The maximum absolute atomic E-state index is 11.5. The predicted octanol–water partition coefficient (Wildman–Crippen LogP) is 0.670. The Morgan fingerprint density at radius 3 is 2.93 bits per heavy atom. The van der Waals surface area contributed by atoms with Crippen LogP contribution in [0.2, 0.25) is 0 Å². The second-order valence-corrected chi connectivity index (χ2v) is 3.98. The van der Waals surface area contributed by atoms with Crippen LogP contribution in [-0.4, -0.2) is 38.3 Å². The van der Waals surface area contributed by atoms with Crippen LogP contribution in [0.5, 0.6) is 0 Å². The number of carbonyl (C=O) groups excluding carboxylic acids is 1. The molecule has 1 amide bonds. The zero-order valence-electron chi connectivity index (χ0n) is 9.71. The van der Waals surface area contributed by atoms with Gasteiger partial charge in [-0.1, -0.05) is 6.92 Å². The highest BCUT2D eigenvalue weighted by Gasteiger charge is 2.27. The number of carbonyl (C=O) groups is 1. The van der Waals surface area contributed by atoms with Crippen molar-refractivity contribution in [3.05, 3.63) is 0 Å². The molecular weight excluding hydrogens is 192 g/mol. The molecule has 1 rings (SSSR count). The molecule has 0 heterocycles. The zero-order valence-corrected chi connectivity index (χ0v) is 9.71. The van der Waals surface area contributed by atoms with Gasteiger partial charge >= 0.3 is 0 Å². The fourth-order valence-electron chi connectivity index (χ4n) is 2.03. The van der Waals surface area contributed by atoms with Gasteiger partial charge in [0.05, 0.1) is 12.1 Å². The average molecular weight is 214 g/mol. The molecule has 0 radical (unpaired) electrons. The van der Waals surface area contributed by atoms with Crippen LogP contribution < -0.4 is 10.6 Å². The summed E-state index contributed by atoms with van der Waals surface area (Å²) in [7, 11) is 1.72. The lowest BCUT2D eigenvalue weighted by Crippen LogP contribution is -2.41. The first kappa shape index (κ1) is 12.5. The van der Waals surface area contributed by atoms with Gasteiger partial charge in [-0.15, -0.1) is 0 Å². The topological polar surface area (TPSA) is 50.4 Å². The van der Waals surface area contributed by atoms with Crippen molar-refractivity contribution >= 4 is 5.91 Å². The van der Waals surface area contributed by atoms with Crippen LogP contribution in [0, 0.1) is 0 Å². The summed E-state index contributed by atoms with van der Waals surface area (Å²) in [5, 5.41) is 6.17. The molecule has 1 fully saturated rings. The Morgan fingerprint density at radius 2 is 2.27 bits per heavy atom. The first-order chi connectivity index (χ1) is 7.27. The molecule has 1 aliphatic rings. The van der Waals surface area contributed by atoms with Crippen molar-refractivity contribution in [1.82, 2.24) is 10.6 Å². The minimum atomic E-state index is 0.130. The zero-order chi connectivity index (χ0) is 11.1. The van der Waals surface area contributed by atoms with E-state index in [4.69, 9.17) is 4.74 Å². The van der Waals surface area contributed by atoms with Crippen LogP contribution >= 0.6 is 0 Å². The van der Waals surface area contributed by atoms with E-state index >= 15 is 0 Å². The largest absolute Gasteiger partial charge is 0.379 e. The van der Waals surface area contributed by atoms with Crippen molar-refractivity contribution in [1.29, 1.82) is 0 Å². The van der Waals surface area contributed by atoms with E-state index in [1.807, 2.05) is 6.92 Å². The monoisotopic (exact) mass is 214 g/mol. The van der Waals surface area contributed by atoms with Gasteiger partial charge in [0.25, 0.3) is 0 Å². The minimum Gasteiger partial charge on any atom is -0.379 e. The lowest BCUT2D eigenvalue weighted by atomic mass is 10.2. The highest BCUT2D eigenvalue weighted by atomic mass is 16.5. The van der Waals surface area contributed by atoms with E-state index in [1.165, 1.54) is 0 Å². The third kappa shape index (κ3) is 4.18. The number of nitrogens with one attached hydrogen (secondary N) is 2. The number of amides is 1. The van der Waals surface area contributed by atoms with Crippen molar-refractivity contribution in [3.8, 4) is 0 Å². The number of hydrogen-bond donors (Lipinski definition) is 2. The Labute approximate surface area is 91.8 Å². The standard InChI is InChI=1S/C11H22N2O2/c1-3-12-8-7-11(14)13-9-5-4-6-10(9)15-2/h9-10,12H,3-8H2,1-2H3,(H,13,14). The molecule has 0 aromatic heterocycles. The Kier molecular flexibility index (Phi) is 5.65. The van der Waals surface area contributed by atoms with E-state index in [0.717, 1.165) is 32.4 Å². The number of methoxy groups -OCH3 is 1. The van der Waals surface area contributed by atoms with Gasteiger partial charge in [-0.25, -0.2) is 0 Å². The first-order valence-electron chi connectivity index (χ1n) is 5.80. The highest BCUT2D eigenvalue weighted by Crippen LogP contribution is 2.21. The van der Waals surface area contributed by atoms with Crippen LogP contribution in [0.25, 0.3) is 0 Å². The second kappa shape index (κ2) is 6.80. The molecule has 15 heavy (non-hydrogen) atoms. The van der Waals surface area contributed by atoms with E-state index in [1.54, 1.807) is 7.11 Å². The van der Waals surface area contributed by atoms with E-state index in [0.29, 0.717) is 6.42 Å². The molecule has 0 saturated heterocycles. The molecule has 2 unspecified atom stereocenters. The molecule has 0 aromatic carbocycles. The summed E-state index contributed by atoms with van der Waals surface area (Å²) in [6.07, 6.45) is 4.03. The van der Waals surface area contributed by atoms with Gasteiger partial charge in [-0.3, -0.25) is 4.79 Å². The molecule has 4 heteroatoms. The highest BCUT2D eigenvalue weighted by molar-refractivity contribution is 5.76. The fraction of sp³-hybridized carbons (Fsp3) is 0.909. The molecule has 0 spiro atoms. The minimum absolute atomic E-state index is 0.130. The third-order valence-electron chi connectivity index (χ3n) is 2.88. The van der Waals surface area contributed by atoms with Gasteiger partial charge in [-0.05, 0) is 25.8 Å². The fourth-order valence-corrected chi connectivity index (χ4v) is 2.03. The van der Waals surface area contributed by atoms with Gasteiger partial charge in [-0.2, -0.15) is 0 Å². The number of hydrogen-bond acceptors (Lipinski definition) is 3. The van der Waals surface area contributed by atoms with E-state index in [2.05, 4.69) is 10.6 Å². The molecule has 2 atom stereocenters. The molecule has 1 aliphatic carbocycles. The summed E-state index contributed by atoms with van der Waals surface area (Å²) in [5.74, 6) is 0.130. The Morgan fingerprint density at radius 1 is 1.47 bits per heavy atom. The molecule has 0 bridgehead atoms. The first-order valence-corrected chi connectivity index (χ1v) is 5.80. The van der Waals surface area contributed by atoms with Crippen molar-refractivity contribution in [3.63, 3.8) is 0 Å². The molecule has 4 nitrogen and oxygen atoms in total. The van der Waals surface area contributed by atoms with E-state index in [9.17, 15) is 4.79 Å². The number of ether oxygens (including phenoxy) is 1. The third-order valence-corrected chi connectivity index (χ3v) is 2.88. The molecule has 88 valence electrons. The maximum atomic E-state index is 11.5. The Balaban J connectivity index is 2.19. The van der Waals surface area contributed by atoms with Crippen molar-refractivity contribution in [2.24, 2.45) is 0 Å². The van der Waals surface area contributed by atoms with Gasteiger partial charge < -0.3 is 15.4 Å². The summed E-state index contributed by atoms with van der Waals surface area (Å²) in [6, 6.07) is 0.226. The molecule has 2 N–H and O–H groups in total. The molecular formula is C11H22N2O2. The second-order valence-electron chi connectivity index (χ2n) is 3.98. The van der Waals surface area contributed by atoms with E-state index < -0.39 is 0 Å². The average Bonchev–Trinajstić information content (AvgIpc) is 2.65. The quantitative estimate of drug-likeness (QED) is 0.639. The summed E-state index contributed by atoms with van der Waals surface area (Å²) in [6.45, 7) is 3.71. The van der Waals surface area contributed by atoms with E-state index in [-0.39, 0.29) is 18.1 Å². The van der Waals surface area contributed by atoms with Crippen LogP contribution in [0.3, 0.4) is 0 Å². The van der Waals surface area contributed by atoms with Crippen molar-refractivity contribution in [2.45, 2.75) is 44.8 Å². The van der Waals surface area contributed by atoms with Gasteiger partial charge in [0, 0.05) is 20.1 Å². The van der Waals surface area contributed by atoms with Crippen molar-refractivity contribution in [2.75, 3.05) is 20.2 Å². The summed E-state index contributed by atoms with van der Waals surface area (Å²) in [4.78, 5) is 11.5. The van der Waals surface area contributed by atoms with Crippen LogP contribution in [-0.2, 0) is 9.53 Å². The van der Waals surface area contributed by atoms with Gasteiger partial charge in [0.15, 0.2) is 0 Å². The lowest BCUT2D eigenvalue weighted by Gasteiger charge is -2.19. The summed E-state index contributed by atoms with van der Waals surface area (Å²) in [5.41, 5.74) is 0. The van der Waals surface area contributed by atoms with Gasteiger partial charge in [0.2, 0.25) is 5.91 Å². The molecule has 0 aliphatic heterocycles. The predicted molar refractivity (Wildman–Crippen MR) is 59.7 cm³/mol. The summed E-state index contributed by atoms with van der Waals surface area (Å²) < 4.78 is 5.32. The molecule has 0 aromatic rings. The summed E-state index contributed by atoms with van der Waals surface area (Å²) >= 11 is 0. The maximum Gasteiger partial charge on any atom is 0.221 e. The van der Waals surface area contributed by atoms with Crippen LogP contribution in [0.4, 0.5) is 0 Å². The lowest BCUT2D eigenvalue weighted by molar-refractivity contribution is -0.122. The smallest absolute Gasteiger partial charge is 0.221 e. The normalized spacial score (nSPS) is 25.5. The Hall–Kier alpha value is -0.610. The number of rotatable bonds is 6.